The van der Waals surface area contributed by atoms with Crippen molar-refractivity contribution < 1.29 is 5.11 Å². The Labute approximate surface area is 68.7 Å². The molecule has 1 aromatic rings. The molecule has 1 heterocycles. The predicted molar refractivity (Wildman–Crippen MR) is 42.2 cm³/mol. The number of nitriles is 1. The minimum absolute atomic E-state index is 0.570. The third-order valence-corrected chi connectivity index (χ3v) is 3.03. The number of rotatable bonds is 1. The lowest BCUT2D eigenvalue weighted by Crippen LogP contribution is -1.99. The quantitative estimate of drug-likeness (QED) is 0.687. The van der Waals surface area contributed by atoms with Crippen LogP contribution in [0.1, 0.15) is 23.3 Å². The molecule has 1 aliphatic carbocycles. The van der Waals surface area contributed by atoms with Crippen molar-refractivity contribution in [3.8, 4) is 6.07 Å². The molecule has 0 aliphatic heterocycles. The van der Waals surface area contributed by atoms with Crippen molar-refractivity contribution in [1.82, 2.24) is 0 Å². The van der Waals surface area contributed by atoms with Crippen molar-refractivity contribution in [3.05, 3.63) is 21.9 Å². The van der Waals surface area contributed by atoms with Gasteiger partial charge in [-0.2, -0.15) is 5.26 Å². The van der Waals surface area contributed by atoms with E-state index in [1.807, 2.05) is 6.07 Å². The molecule has 0 atom stereocenters. The smallest absolute Gasteiger partial charge is 0.100 e. The van der Waals surface area contributed by atoms with Crippen LogP contribution >= 0.6 is 11.3 Å². The van der Waals surface area contributed by atoms with Gasteiger partial charge < -0.3 is 5.11 Å². The molecule has 11 heavy (non-hydrogen) atoms. The summed E-state index contributed by atoms with van der Waals surface area (Å²) in [7, 11) is 0. The first-order valence-electron chi connectivity index (χ1n) is 3.46. The highest BCUT2D eigenvalue weighted by molar-refractivity contribution is 7.10. The number of hydrogen-bond acceptors (Lipinski definition) is 3. The Bertz CT molecular complexity index is 319. The number of hydrogen-bond donors (Lipinski definition) is 1. The predicted octanol–water partition coefficient (Wildman–Crippen LogP) is 1.60. The first-order chi connectivity index (χ1) is 5.24. The highest BCUT2D eigenvalue weighted by atomic mass is 32.1. The second kappa shape index (κ2) is 2.07. The molecule has 1 fully saturated rings. The van der Waals surface area contributed by atoms with Gasteiger partial charge in [0.15, 0.2) is 0 Å². The fourth-order valence-corrected chi connectivity index (χ4v) is 2.00. The average Bonchev–Trinajstić information content (AvgIpc) is 2.61. The molecule has 56 valence electrons. The second-order valence-corrected chi connectivity index (χ2v) is 3.75. The molecule has 1 aliphatic rings. The molecule has 2 nitrogen and oxygen atoms in total. The Morgan fingerprint density at radius 3 is 2.82 bits per heavy atom. The van der Waals surface area contributed by atoms with Gasteiger partial charge in [-0.1, -0.05) is 0 Å². The van der Waals surface area contributed by atoms with E-state index in [2.05, 4.69) is 0 Å². The van der Waals surface area contributed by atoms with Gasteiger partial charge in [0.05, 0.1) is 11.2 Å². The van der Waals surface area contributed by atoms with Crippen LogP contribution in [-0.4, -0.2) is 5.11 Å². The fraction of sp³-hybridized carbons (Fsp3) is 0.375. The van der Waals surface area contributed by atoms with E-state index in [1.54, 1.807) is 11.4 Å². The Morgan fingerprint density at radius 1 is 1.64 bits per heavy atom. The molecule has 0 radical (unpaired) electrons. The van der Waals surface area contributed by atoms with Gasteiger partial charge in [0.2, 0.25) is 0 Å². The van der Waals surface area contributed by atoms with Gasteiger partial charge in [0.25, 0.3) is 0 Å². The summed E-state index contributed by atoms with van der Waals surface area (Å²) in [6.45, 7) is 0. The van der Waals surface area contributed by atoms with Crippen molar-refractivity contribution in [1.29, 1.82) is 5.26 Å². The van der Waals surface area contributed by atoms with E-state index in [1.165, 1.54) is 11.3 Å². The van der Waals surface area contributed by atoms with Gasteiger partial charge >= 0.3 is 0 Å². The van der Waals surface area contributed by atoms with Crippen LogP contribution in [0.5, 0.6) is 0 Å². The van der Waals surface area contributed by atoms with Crippen LogP contribution < -0.4 is 0 Å². The van der Waals surface area contributed by atoms with Gasteiger partial charge in [-0.25, -0.2) is 0 Å². The van der Waals surface area contributed by atoms with Crippen molar-refractivity contribution in [2.24, 2.45) is 0 Å². The van der Waals surface area contributed by atoms with E-state index >= 15 is 0 Å². The van der Waals surface area contributed by atoms with E-state index < -0.39 is 5.60 Å². The van der Waals surface area contributed by atoms with Gasteiger partial charge in [-0.05, 0) is 18.9 Å². The summed E-state index contributed by atoms with van der Waals surface area (Å²) in [5.41, 5.74) is 0.0880. The van der Waals surface area contributed by atoms with Crippen LogP contribution in [0.4, 0.5) is 0 Å². The van der Waals surface area contributed by atoms with Crippen molar-refractivity contribution in [2.45, 2.75) is 18.4 Å². The van der Waals surface area contributed by atoms with Gasteiger partial charge in [0.1, 0.15) is 6.07 Å². The summed E-state index contributed by atoms with van der Waals surface area (Å²) in [6.07, 6.45) is 1.69. The first-order valence-corrected chi connectivity index (χ1v) is 4.34. The molecule has 1 aromatic heterocycles. The molecule has 1 saturated carbocycles. The Morgan fingerprint density at radius 2 is 2.36 bits per heavy atom. The van der Waals surface area contributed by atoms with Crippen LogP contribution in [0.2, 0.25) is 0 Å². The summed E-state index contributed by atoms with van der Waals surface area (Å²) >= 11 is 1.47. The highest BCUT2D eigenvalue weighted by Gasteiger charge is 2.43. The zero-order valence-corrected chi connectivity index (χ0v) is 6.69. The van der Waals surface area contributed by atoms with Gasteiger partial charge in [-0.3, -0.25) is 0 Å². The van der Waals surface area contributed by atoms with Crippen LogP contribution in [0.25, 0.3) is 0 Å². The third kappa shape index (κ3) is 1.05. The van der Waals surface area contributed by atoms with E-state index in [0.29, 0.717) is 5.56 Å². The van der Waals surface area contributed by atoms with Gasteiger partial charge in [0, 0.05) is 10.3 Å². The van der Waals surface area contributed by atoms with Crippen LogP contribution in [-0.2, 0) is 5.60 Å². The van der Waals surface area contributed by atoms with Crippen LogP contribution in [0.3, 0.4) is 0 Å². The molecule has 0 unspecified atom stereocenters. The summed E-state index contributed by atoms with van der Waals surface area (Å²) in [5, 5.41) is 19.9. The molecular weight excluding hydrogens is 158 g/mol. The average molecular weight is 165 g/mol. The highest BCUT2D eigenvalue weighted by Crippen LogP contribution is 2.47. The van der Waals surface area contributed by atoms with E-state index in [0.717, 1.165) is 17.7 Å². The van der Waals surface area contributed by atoms with Crippen LogP contribution in [0, 0.1) is 11.3 Å². The zero-order chi connectivity index (χ0) is 7.90. The maximum atomic E-state index is 9.61. The van der Waals surface area contributed by atoms with Crippen LogP contribution in [0.15, 0.2) is 11.4 Å². The van der Waals surface area contributed by atoms with Crippen molar-refractivity contribution >= 4 is 11.3 Å². The zero-order valence-electron chi connectivity index (χ0n) is 5.87. The maximum Gasteiger partial charge on any atom is 0.100 e. The molecule has 0 aromatic carbocycles. The Hall–Kier alpha value is -0.850. The molecule has 0 spiro atoms. The summed E-state index contributed by atoms with van der Waals surface area (Å²) in [6, 6.07) is 3.82. The summed E-state index contributed by atoms with van der Waals surface area (Å²) in [4.78, 5) is 0.939. The van der Waals surface area contributed by atoms with E-state index in [-0.39, 0.29) is 0 Å². The molecule has 0 amide bonds. The topological polar surface area (TPSA) is 44.0 Å². The molecule has 2 rings (SSSR count). The molecule has 1 N–H and O–H groups in total. The lowest BCUT2D eigenvalue weighted by atomic mass is 10.2. The molecule has 3 heteroatoms. The Kier molecular flexibility index (Phi) is 1.28. The van der Waals surface area contributed by atoms with E-state index in [9.17, 15) is 5.11 Å². The number of thiophene rings is 1. The maximum absolute atomic E-state index is 9.61. The van der Waals surface area contributed by atoms with Gasteiger partial charge in [-0.15, -0.1) is 11.3 Å². The lowest BCUT2D eigenvalue weighted by Gasteiger charge is -2.00. The largest absolute Gasteiger partial charge is 0.384 e. The summed E-state index contributed by atoms with van der Waals surface area (Å²) < 4.78 is 0. The Balaban J connectivity index is 2.34. The van der Waals surface area contributed by atoms with Crippen molar-refractivity contribution in [3.63, 3.8) is 0 Å². The summed E-state index contributed by atoms with van der Waals surface area (Å²) in [5.74, 6) is 0. The minimum atomic E-state index is -0.570. The monoisotopic (exact) mass is 165 g/mol. The van der Waals surface area contributed by atoms with Crippen molar-refractivity contribution in [2.75, 3.05) is 0 Å². The lowest BCUT2D eigenvalue weighted by molar-refractivity contribution is 0.155. The fourth-order valence-electron chi connectivity index (χ4n) is 1.00. The van der Waals surface area contributed by atoms with E-state index in [4.69, 9.17) is 5.26 Å². The molecule has 0 saturated heterocycles. The number of nitrogens with zero attached hydrogens (tertiary/aromatic N) is 1. The normalized spacial score (nSPS) is 19.3. The standard InChI is InChI=1S/C8H7NOS/c9-4-6-3-7(11-5-6)8(10)1-2-8/h3,5,10H,1-2H2. The third-order valence-electron chi connectivity index (χ3n) is 1.91. The molecule has 0 bridgehead atoms. The second-order valence-electron chi connectivity index (χ2n) is 2.84. The SMILES string of the molecule is N#Cc1csc(C2(O)CC2)c1. The number of aliphatic hydroxyl groups is 1. The first kappa shape index (κ1) is 6.84. The minimum Gasteiger partial charge on any atom is -0.384 e. The molecular formula is C8H7NOS.